The van der Waals surface area contributed by atoms with Crippen LogP contribution in [0.1, 0.15) is 41.3 Å². The van der Waals surface area contributed by atoms with Crippen molar-refractivity contribution in [2.45, 2.75) is 50.5 Å². The number of aliphatic hydroxyl groups is 2. The number of hydrogen-bond acceptors (Lipinski definition) is 9. The van der Waals surface area contributed by atoms with Crippen molar-refractivity contribution in [3.8, 4) is 16.3 Å². The number of nitrogens with zero attached hydrogens (tertiary/aromatic N) is 7. The molecular formula is C40H41N7O4S. The lowest BCUT2D eigenvalue weighted by molar-refractivity contribution is -0.142. The number of amides is 1. The van der Waals surface area contributed by atoms with Gasteiger partial charge < -0.3 is 19.7 Å². The molecule has 12 heteroatoms. The molecule has 2 aliphatic heterocycles. The molecule has 52 heavy (non-hydrogen) atoms. The Morgan fingerprint density at radius 1 is 0.904 bits per heavy atom. The first-order chi connectivity index (χ1) is 25.4. The molecule has 0 bridgehead atoms. The molecule has 2 atom stereocenters. The van der Waals surface area contributed by atoms with Gasteiger partial charge >= 0.3 is 0 Å². The molecule has 0 spiro atoms. The highest BCUT2D eigenvalue weighted by atomic mass is 32.1. The summed E-state index contributed by atoms with van der Waals surface area (Å²) in [4.78, 5) is 46.7. The summed E-state index contributed by atoms with van der Waals surface area (Å²) < 4.78 is 3.40. The maximum atomic E-state index is 14.2. The number of thiazole rings is 1. The zero-order valence-electron chi connectivity index (χ0n) is 28.8. The summed E-state index contributed by atoms with van der Waals surface area (Å²) >= 11 is 1.64. The van der Waals surface area contributed by atoms with E-state index < -0.39 is 5.60 Å². The molecular weight excluding hydrogens is 675 g/mol. The smallest absolute Gasteiger partial charge is 0.262 e. The molecule has 1 amide bonds. The Kier molecular flexibility index (Phi) is 9.54. The Morgan fingerprint density at radius 2 is 1.67 bits per heavy atom. The number of aromatic nitrogens is 5. The number of piperidine rings is 2. The van der Waals surface area contributed by atoms with Gasteiger partial charge in [-0.1, -0.05) is 48.5 Å². The fourth-order valence-electron chi connectivity index (χ4n) is 7.69. The number of likely N-dealkylation sites (tertiary alicyclic amines) is 2. The van der Waals surface area contributed by atoms with E-state index in [2.05, 4.69) is 32.0 Å². The van der Waals surface area contributed by atoms with Crippen molar-refractivity contribution in [2.24, 2.45) is 5.92 Å². The van der Waals surface area contributed by atoms with Crippen molar-refractivity contribution in [2.75, 3.05) is 26.2 Å². The second-order valence-corrected chi connectivity index (χ2v) is 15.1. The molecule has 0 saturated carbocycles. The average Bonchev–Trinajstić information content (AvgIpc) is 3.85. The van der Waals surface area contributed by atoms with Gasteiger partial charge in [0.1, 0.15) is 11.3 Å². The number of hydrogen-bond donors (Lipinski definition) is 2. The van der Waals surface area contributed by atoms with Gasteiger partial charge in [-0.3, -0.25) is 24.0 Å². The number of para-hydroxylation sites is 1. The van der Waals surface area contributed by atoms with Gasteiger partial charge in [-0.15, -0.1) is 11.3 Å². The SMILES string of the molecule is O=C([C@@H]1CCN(Cc2cnc(-c3ccc(CO)nc3)s2)C[C@H]1c1ccccc1)N1CCC(O)(Cn2cnc3c(ccn3-c3ccccc3)c2=O)CC1. The monoisotopic (exact) mass is 715 g/mol. The van der Waals surface area contributed by atoms with Crippen LogP contribution >= 0.6 is 11.3 Å². The summed E-state index contributed by atoms with van der Waals surface area (Å²) in [6, 6.07) is 25.6. The van der Waals surface area contributed by atoms with Crippen LogP contribution in [0.4, 0.5) is 0 Å². The Morgan fingerprint density at radius 3 is 2.40 bits per heavy atom. The number of aliphatic hydroxyl groups excluding tert-OH is 1. The topological polar surface area (TPSA) is 130 Å². The van der Waals surface area contributed by atoms with Gasteiger partial charge in [-0.2, -0.15) is 0 Å². The summed E-state index contributed by atoms with van der Waals surface area (Å²) in [5.41, 5.74) is 2.91. The van der Waals surface area contributed by atoms with Crippen molar-refractivity contribution in [1.82, 2.24) is 33.9 Å². The van der Waals surface area contributed by atoms with Gasteiger partial charge in [-0.05, 0) is 61.7 Å². The standard InChI is InChI=1S/C40H41N7O4S/c48-25-30-12-11-29(21-41-30)37-42-22-32(52-37)23-44-17-13-33(35(24-44)28-7-3-1-4-8-28)38(49)45-19-15-40(51,16-20-45)26-46-27-43-36-34(39(46)50)14-18-47(36)31-9-5-2-6-10-31/h1-12,14,18,21-22,27,33,35,48,51H,13,15-17,19-20,23-26H2/t33-,35+/m1/s1. The van der Waals surface area contributed by atoms with Crippen LogP contribution in [0.25, 0.3) is 27.3 Å². The van der Waals surface area contributed by atoms with E-state index in [-0.39, 0.29) is 36.5 Å². The number of pyridine rings is 1. The number of carbonyl (C=O) groups excluding carboxylic acids is 1. The minimum absolute atomic E-state index is 0.0328. The first-order valence-corrected chi connectivity index (χ1v) is 18.6. The number of benzene rings is 2. The molecule has 2 saturated heterocycles. The molecule has 0 aliphatic carbocycles. The van der Waals surface area contributed by atoms with Gasteiger partial charge in [0.05, 0.1) is 29.8 Å². The van der Waals surface area contributed by atoms with Crippen molar-refractivity contribution < 1.29 is 15.0 Å². The van der Waals surface area contributed by atoms with E-state index in [1.54, 1.807) is 23.6 Å². The van der Waals surface area contributed by atoms with E-state index in [1.807, 2.05) is 82.5 Å². The molecule has 2 fully saturated rings. The Hall–Kier alpha value is -5.01. The van der Waals surface area contributed by atoms with Crippen molar-refractivity contribution in [1.29, 1.82) is 0 Å². The maximum absolute atomic E-state index is 14.2. The van der Waals surface area contributed by atoms with Crippen LogP contribution in [-0.4, -0.2) is 81.8 Å². The van der Waals surface area contributed by atoms with Gasteiger partial charge in [0.25, 0.3) is 5.56 Å². The lowest BCUT2D eigenvalue weighted by Gasteiger charge is -2.43. The lowest BCUT2D eigenvalue weighted by atomic mass is 9.79. The molecule has 2 N–H and O–H groups in total. The van der Waals surface area contributed by atoms with E-state index in [1.165, 1.54) is 10.9 Å². The van der Waals surface area contributed by atoms with E-state index in [0.29, 0.717) is 42.7 Å². The van der Waals surface area contributed by atoms with Gasteiger partial charge in [0, 0.05) is 72.7 Å². The number of carbonyl (C=O) groups is 1. The van der Waals surface area contributed by atoms with Gasteiger partial charge in [0.2, 0.25) is 5.91 Å². The molecule has 11 nitrogen and oxygen atoms in total. The van der Waals surface area contributed by atoms with E-state index in [0.717, 1.165) is 52.8 Å². The quantitative estimate of drug-likeness (QED) is 0.217. The molecule has 6 aromatic rings. The average molecular weight is 716 g/mol. The van der Waals surface area contributed by atoms with Crippen LogP contribution in [0, 0.1) is 5.92 Å². The highest BCUT2D eigenvalue weighted by molar-refractivity contribution is 7.15. The van der Waals surface area contributed by atoms with Crippen LogP contribution in [0.5, 0.6) is 0 Å². The molecule has 2 aliphatic rings. The third kappa shape index (κ3) is 6.94. The third-order valence-corrected chi connectivity index (χ3v) is 11.6. The molecule has 2 aromatic carbocycles. The second kappa shape index (κ2) is 14.5. The molecule has 4 aromatic heterocycles. The summed E-state index contributed by atoms with van der Waals surface area (Å²) in [5.74, 6) is 0.00302. The zero-order valence-corrected chi connectivity index (χ0v) is 29.6. The summed E-state index contributed by atoms with van der Waals surface area (Å²) in [6.45, 7) is 3.20. The lowest BCUT2D eigenvalue weighted by Crippen LogP contribution is -2.53. The predicted octanol–water partition coefficient (Wildman–Crippen LogP) is 4.86. The molecule has 8 rings (SSSR count). The van der Waals surface area contributed by atoms with Crippen molar-refractivity contribution in [3.63, 3.8) is 0 Å². The molecule has 0 radical (unpaired) electrons. The first-order valence-electron chi connectivity index (χ1n) is 17.8. The third-order valence-electron chi connectivity index (χ3n) is 10.6. The van der Waals surface area contributed by atoms with Crippen LogP contribution in [-0.2, 0) is 24.5 Å². The minimum atomic E-state index is -1.12. The maximum Gasteiger partial charge on any atom is 0.262 e. The van der Waals surface area contributed by atoms with Gasteiger partial charge in [-0.25, -0.2) is 9.97 Å². The normalized spacial score (nSPS) is 19.2. The van der Waals surface area contributed by atoms with Crippen LogP contribution < -0.4 is 5.56 Å². The Balaban J connectivity index is 0.924. The highest BCUT2D eigenvalue weighted by Gasteiger charge is 2.41. The number of rotatable bonds is 9. The van der Waals surface area contributed by atoms with E-state index >= 15 is 0 Å². The summed E-state index contributed by atoms with van der Waals surface area (Å²) in [6.07, 6.45) is 8.55. The predicted molar refractivity (Wildman–Crippen MR) is 200 cm³/mol. The Bertz CT molecular complexity index is 2210. The molecule has 6 heterocycles. The largest absolute Gasteiger partial charge is 0.390 e. The number of fused-ring (bicyclic) bond motifs is 1. The minimum Gasteiger partial charge on any atom is -0.390 e. The first kappa shape index (κ1) is 34.1. The molecule has 266 valence electrons. The molecule has 0 unspecified atom stereocenters. The van der Waals surface area contributed by atoms with E-state index in [9.17, 15) is 19.8 Å². The van der Waals surface area contributed by atoms with Crippen molar-refractivity contribution in [3.05, 3.63) is 130 Å². The van der Waals surface area contributed by atoms with E-state index in [4.69, 9.17) is 0 Å². The van der Waals surface area contributed by atoms with Crippen LogP contribution in [0.3, 0.4) is 0 Å². The summed E-state index contributed by atoms with van der Waals surface area (Å²) in [7, 11) is 0. The highest BCUT2D eigenvalue weighted by Crippen LogP contribution is 2.37. The summed E-state index contributed by atoms with van der Waals surface area (Å²) in [5, 5.41) is 22.4. The van der Waals surface area contributed by atoms with Crippen LogP contribution in [0.2, 0.25) is 0 Å². The fourth-order valence-corrected chi connectivity index (χ4v) is 8.64. The van der Waals surface area contributed by atoms with Crippen LogP contribution in [0.15, 0.2) is 109 Å². The van der Waals surface area contributed by atoms with Gasteiger partial charge in [0.15, 0.2) is 5.65 Å². The fraction of sp³-hybridized carbons (Fsp3) is 0.325. The van der Waals surface area contributed by atoms with Crippen molar-refractivity contribution >= 4 is 28.3 Å². The zero-order chi connectivity index (χ0) is 35.7. The second-order valence-electron chi connectivity index (χ2n) is 14.0. The Labute approximate surface area is 305 Å².